The molecule has 0 aromatic heterocycles. The van der Waals surface area contributed by atoms with E-state index in [1.165, 1.54) is 6.07 Å². The molecule has 1 heterocycles. The maximum absolute atomic E-state index is 12.5. The lowest BCUT2D eigenvalue weighted by Crippen LogP contribution is -2.23. The van der Waals surface area contributed by atoms with Crippen LogP contribution >= 0.6 is 0 Å². The Bertz CT molecular complexity index is 659. The average Bonchev–Trinajstić information content (AvgIpc) is 2.39. The molecule has 3 nitrogen and oxygen atoms in total. The minimum absolute atomic E-state index is 0.0593. The summed E-state index contributed by atoms with van der Waals surface area (Å²) in [6.45, 7) is 3.83. The van der Waals surface area contributed by atoms with Gasteiger partial charge in [0.2, 0.25) is 0 Å². The van der Waals surface area contributed by atoms with Gasteiger partial charge < -0.3 is 9.84 Å². The smallest absolute Gasteiger partial charge is 0.185 e. The number of aromatic hydroxyl groups is 1. The van der Waals surface area contributed by atoms with Crippen LogP contribution in [0.15, 0.2) is 60.9 Å². The lowest BCUT2D eigenvalue weighted by Gasteiger charge is -2.26. The topological polar surface area (TPSA) is 46.5 Å². The van der Waals surface area contributed by atoms with Gasteiger partial charge in [0.25, 0.3) is 0 Å². The molecule has 0 spiro atoms. The number of hydrogen-bond acceptors (Lipinski definition) is 3. The summed E-state index contributed by atoms with van der Waals surface area (Å²) < 4.78 is 5.57. The quantitative estimate of drug-likeness (QED) is 0.847. The number of ketones is 1. The molecule has 1 atom stereocenters. The summed E-state index contributed by atoms with van der Waals surface area (Å²) >= 11 is 0. The molecule has 3 rings (SSSR count). The molecule has 1 N–H and O–H groups in total. The van der Waals surface area contributed by atoms with Crippen molar-refractivity contribution in [2.75, 3.05) is 0 Å². The van der Waals surface area contributed by atoms with Crippen LogP contribution in [0.1, 0.15) is 21.8 Å². The minimum atomic E-state index is -0.568. The van der Waals surface area contributed by atoms with E-state index in [4.69, 9.17) is 4.74 Å². The van der Waals surface area contributed by atoms with Crippen molar-refractivity contribution in [1.29, 1.82) is 0 Å². The summed E-state index contributed by atoms with van der Waals surface area (Å²) in [6.07, 6.45) is 0. The van der Waals surface area contributed by atoms with Gasteiger partial charge in [-0.05, 0) is 17.7 Å². The van der Waals surface area contributed by atoms with E-state index in [0.717, 1.165) is 5.56 Å². The normalized spacial score (nSPS) is 17.8. The molecule has 2 aromatic carbocycles. The van der Waals surface area contributed by atoms with Crippen LogP contribution < -0.4 is 4.74 Å². The van der Waals surface area contributed by atoms with Crippen LogP contribution in [0.3, 0.4) is 0 Å². The second kappa shape index (κ2) is 4.28. The Balaban J connectivity index is 2.13. The van der Waals surface area contributed by atoms with Crippen molar-refractivity contribution in [3.63, 3.8) is 0 Å². The molecule has 0 bridgehead atoms. The minimum Gasteiger partial charge on any atom is -0.507 e. The van der Waals surface area contributed by atoms with Gasteiger partial charge in [0.15, 0.2) is 5.78 Å². The van der Waals surface area contributed by atoms with Gasteiger partial charge in [0, 0.05) is 0 Å². The number of carbonyl (C=O) groups excluding carboxylic acids is 1. The second-order valence-electron chi connectivity index (χ2n) is 4.43. The summed E-state index contributed by atoms with van der Waals surface area (Å²) in [5.41, 5.74) is 1.04. The molecule has 1 aliphatic rings. The highest BCUT2D eigenvalue weighted by molar-refractivity contribution is 6.08. The lowest BCUT2D eigenvalue weighted by atomic mass is 9.86. The molecular formula is C16H12O3. The van der Waals surface area contributed by atoms with Crippen LogP contribution in [-0.4, -0.2) is 10.9 Å². The number of phenolic OH excluding ortho intramolecular Hbond substituents is 1. The first kappa shape index (κ1) is 11.5. The Morgan fingerprint density at radius 3 is 2.53 bits per heavy atom. The second-order valence-corrected chi connectivity index (χ2v) is 4.43. The Morgan fingerprint density at radius 1 is 1.05 bits per heavy atom. The summed E-state index contributed by atoms with van der Waals surface area (Å²) in [5, 5.41) is 9.85. The number of benzene rings is 2. The highest BCUT2D eigenvalue weighted by Gasteiger charge is 2.35. The fourth-order valence-electron chi connectivity index (χ4n) is 2.33. The fraction of sp³-hybridized carbons (Fsp3) is 0.0625. The SMILES string of the molecule is C=C1Oc2cccc(O)c2C(=O)C1c1ccccc1. The van der Waals surface area contributed by atoms with Crippen LogP contribution in [0, 0.1) is 0 Å². The first-order valence-electron chi connectivity index (χ1n) is 5.96. The summed E-state index contributed by atoms with van der Waals surface area (Å²) in [7, 11) is 0. The van der Waals surface area contributed by atoms with Gasteiger partial charge in [0.05, 0.1) is 0 Å². The number of Topliss-reactive ketones (excluding diaryl/α,β-unsaturated/α-hetero) is 1. The van der Waals surface area contributed by atoms with E-state index < -0.39 is 5.92 Å². The Morgan fingerprint density at radius 2 is 1.79 bits per heavy atom. The zero-order valence-electron chi connectivity index (χ0n) is 10.2. The first-order chi connectivity index (χ1) is 9.18. The number of allylic oxidation sites excluding steroid dienone is 1. The van der Waals surface area contributed by atoms with E-state index in [0.29, 0.717) is 11.5 Å². The van der Waals surface area contributed by atoms with E-state index in [1.807, 2.05) is 30.3 Å². The van der Waals surface area contributed by atoms with Crippen molar-refractivity contribution < 1.29 is 14.6 Å². The van der Waals surface area contributed by atoms with Crippen molar-refractivity contribution in [3.05, 3.63) is 72.0 Å². The van der Waals surface area contributed by atoms with Crippen LogP contribution in [0.25, 0.3) is 0 Å². The van der Waals surface area contributed by atoms with Crippen molar-refractivity contribution >= 4 is 5.78 Å². The predicted octanol–water partition coefficient (Wildman–Crippen LogP) is 3.26. The molecule has 0 saturated heterocycles. The number of carbonyl (C=O) groups is 1. The van der Waals surface area contributed by atoms with Crippen molar-refractivity contribution in [2.24, 2.45) is 0 Å². The molecule has 3 heteroatoms. The van der Waals surface area contributed by atoms with Gasteiger partial charge >= 0.3 is 0 Å². The molecule has 1 unspecified atom stereocenters. The molecule has 0 radical (unpaired) electrons. The predicted molar refractivity (Wildman–Crippen MR) is 71.4 cm³/mol. The van der Waals surface area contributed by atoms with Crippen molar-refractivity contribution in [1.82, 2.24) is 0 Å². The summed E-state index contributed by atoms with van der Waals surface area (Å²) in [4.78, 5) is 12.5. The zero-order valence-corrected chi connectivity index (χ0v) is 10.2. The van der Waals surface area contributed by atoms with E-state index in [-0.39, 0.29) is 17.1 Å². The van der Waals surface area contributed by atoms with Crippen LogP contribution in [0.2, 0.25) is 0 Å². The molecule has 2 aromatic rings. The standard InChI is InChI=1S/C16H12O3/c1-10-14(11-6-3-2-4-7-11)16(18)15-12(17)8-5-9-13(15)19-10/h2-9,14,17H,1H2. The third-order valence-electron chi connectivity index (χ3n) is 3.21. The fourth-order valence-corrected chi connectivity index (χ4v) is 2.33. The average molecular weight is 252 g/mol. The Kier molecular flexibility index (Phi) is 2.60. The Labute approximate surface area is 110 Å². The number of phenols is 1. The number of hydrogen-bond donors (Lipinski definition) is 1. The van der Waals surface area contributed by atoms with Gasteiger partial charge in [-0.1, -0.05) is 43.0 Å². The number of ether oxygens (including phenoxy) is 1. The van der Waals surface area contributed by atoms with Gasteiger partial charge in [-0.2, -0.15) is 0 Å². The van der Waals surface area contributed by atoms with E-state index in [2.05, 4.69) is 6.58 Å². The third kappa shape index (κ3) is 1.80. The van der Waals surface area contributed by atoms with E-state index >= 15 is 0 Å². The number of rotatable bonds is 1. The van der Waals surface area contributed by atoms with Gasteiger partial charge in [-0.25, -0.2) is 0 Å². The van der Waals surface area contributed by atoms with Gasteiger partial charge in [-0.15, -0.1) is 0 Å². The third-order valence-corrected chi connectivity index (χ3v) is 3.21. The number of fused-ring (bicyclic) bond motifs is 1. The lowest BCUT2D eigenvalue weighted by molar-refractivity contribution is 0.0934. The maximum atomic E-state index is 12.5. The highest BCUT2D eigenvalue weighted by Crippen LogP contribution is 2.41. The largest absolute Gasteiger partial charge is 0.507 e. The van der Waals surface area contributed by atoms with Crippen molar-refractivity contribution in [2.45, 2.75) is 5.92 Å². The molecule has 0 amide bonds. The summed E-state index contributed by atoms with van der Waals surface area (Å²) in [5.74, 6) is -0.0648. The van der Waals surface area contributed by atoms with E-state index in [1.54, 1.807) is 12.1 Å². The molecule has 1 aliphatic heterocycles. The van der Waals surface area contributed by atoms with Crippen LogP contribution in [-0.2, 0) is 0 Å². The monoisotopic (exact) mass is 252 g/mol. The molecule has 19 heavy (non-hydrogen) atoms. The van der Waals surface area contributed by atoms with Crippen LogP contribution in [0.4, 0.5) is 0 Å². The summed E-state index contributed by atoms with van der Waals surface area (Å²) in [6, 6.07) is 14.1. The van der Waals surface area contributed by atoms with Gasteiger partial charge in [-0.3, -0.25) is 4.79 Å². The molecule has 0 fully saturated rings. The molecule has 0 aliphatic carbocycles. The highest BCUT2D eigenvalue weighted by atomic mass is 16.5. The van der Waals surface area contributed by atoms with Gasteiger partial charge in [0.1, 0.15) is 28.7 Å². The zero-order chi connectivity index (χ0) is 13.4. The first-order valence-corrected chi connectivity index (χ1v) is 5.96. The van der Waals surface area contributed by atoms with E-state index in [9.17, 15) is 9.90 Å². The molecule has 94 valence electrons. The van der Waals surface area contributed by atoms with Crippen molar-refractivity contribution in [3.8, 4) is 11.5 Å². The molecular weight excluding hydrogens is 240 g/mol. The Hall–Kier alpha value is -2.55. The maximum Gasteiger partial charge on any atom is 0.185 e. The molecule has 0 saturated carbocycles. The van der Waals surface area contributed by atoms with Crippen LogP contribution in [0.5, 0.6) is 11.5 Å².